The third-order valence-electron chi connectivity index (χ3n) is 5.10. The van der Waals surface area contributed by atoms with Gasteiger partial charge in [0.2, 0.25) is 10.0 Å². The van der Waals surface area contributed by atoms with Crippen LogP contribution in [0.5, 0.6) is 5.75 Å². The Morgan fingerprint density at radius 3 is 2.50 bits per heavy atom. The molecule has 0 spiro atoms. The second-order valence-corrected chi connectivity index (χ2v) is 9.31. The standard InChI is InChI=1S/C24H25NO6S/c1-16-11-12-18-7-3-4-8-20(18)21(16)13-17(2)31-22-9-5-6-10-23(22)32(29,30)25-19(15-26)14-24(27)28/h3-12,15,17,19,25H,13-14H2,1-2H3,(H,27,28). The Bertz CT molecular complexity index is 1240. The van der Waals surface area contributed by atoms with E-state index in [2.05, 4.69) is 22.9 Å². The topological polar surface area (TPSA) is 110 Å². The van der Waals surface area contributed by atoms with Crippen LogP contribution < -0.4 is 9.46 Å². The summed E-state index contributed by atoms with van der Waals surface area (Å²) in [6.07, 6.45) is -0.175. The maximum atomic E-state index is 12.8. The van der Waals surface area contributed by atoms with Crippen molar-refractivity contribution in [1.29, 1.82) is 0 Å². The number of ether oxygens (including phenoxy) is 1. The normalized spacial score (nSPS) is 13.4. The third-order valence-corrected chi connectivity index (χ3v) is 6.63. The van der Waals surface area contributed by atoms with Crippen molar-refractivity contribution in [2.24, 2.45) is 0 Å². The Labute approximate surface area is 187 Å². The molecule has 8 heteroatoms. The monoisotopic (exact) mass is 455 g/mol. The quantitative estimate of drug-likeness (QED) is 0.453. The summed E-state index contributed by atoms with van der Waals surface area (Å²) in [6.45, 7) is 3.88. The maximum absolute atomic E-state index is 12.8. The molecule has 3 aromatic rings. The Morgan fingerprint density at radius 2 is 1.78 bits per heavy atom. The van der Waals surface area contributed by atoms with Crippen molar-refractivity contribution in [1.82, 2.24) is 4.72 Å². The zero-order chi connectivity index (χ0) is 23.3. The van der Waals surface area contributed by atoms with Crippen LogP contribution in [0.4, 0.5) is 0 Å². The van der Waals surface area contributed by atoms with Gasteiger partial charge in [-0.2, -0.15) is 0 Å². The summed E-state index contributed by atoms with van der Waals surface area (Å²) in [7, 11) is -4.18. The largest absolute Gasteiger partial charge is 0.489 e. The van der Waals surface area contributed by atoms with Crippen LogP contribution in [0.1, 0.15) is 24.5 Å². The van der Waals surface area contributed by atoms with Crippen molar-refractivity contribution in [3.63, 3.8) is 0 Å². The highest BCUT2D eigenvalue weighted by atomic mass is 32.2. The molecule has 0 saturated heterocycles. The molecular weight excluding hydrogens is 430 g/mol. The van der Waals surface area contributed by atoms with E-state index in [4.69, 9.17) is 9.84 Å². The molecule has 2 unspecified atom stereocenters. The van der Waals surface area contributed by atoms with Crippen molar-refractivity contribution < 1.29 is 27.9 Å². The van der Waals surface area contributed by atoms with E-state index < -0.39 is 28.5 Å². The number of carboxylic acid groups (broad SMARTS) is 1. The number of para-hydroxylation sites is 1. The number of fused-ring (bicyclic) bond motifs is 1. The fourth-order valence-corrected chi connectivity index (χ4v) is 4.90. The highest BCUT2D eigenvalue weighted by Gasteiger charge is 2.25. The summed E-state index contributed by atoms with van der Waals surface area (Å²) in [5.74, 6) is -1.15. The number of hydrogen-bond donors (Lipinski definition) is 2. The van der Waals surface area contributed by atoms with Crippen LogP contribution >= 0.6 is 0 Å². The lowest BCUT2D eigenvalue weighted by Crippen LogP contribution is -2.37. The van der Waals surface area contributed by atoms with E-state index in [0.717, 1.165) is 21.9 Å². The number of carbonyl (C=O) groups is 2. The summed E-state index contributed by atoms with van der Waals surface area (Å²) >= 11 is 0. The molecule has 0 aliphatic rings. The zero-order valence-electron chi connectivity index (χ0n) is 17.8. The molecule has 3 aromatic carbocycles. The van der Waals surface area contributed by atoms with E-state index >= 15 is 0 Å². The Kier molecular flexibility index (Phi) is 7.27. The van der Waals surface area contributed by atoms with Crippen molar-refractivity contribution in [3.05, 3.63) is 71.8 Å². The van der Waals surface area contributed by atoms with Crippen LogP contribution in [0, 0.1) is 6.92 Å². The van der Waals surface area contributed by atoms with Crippen molar-refractivity contribution in [2.45, 2.75) is 43.7 Å². The minimum Gasteiger partial charge on any atom is -0.489 e. The number of rotatable bonds is 10. The van der Waals surface area contributed by atoms with Crippen LogP contribution in [0.25, 0.3) is 10.8 Å². The molecule has 0 aromatic heterocycles. The molecule has 0 aliphatic heterocycles. The van der Waals surface area contributed by atoms with Crippen LogP contribution in [-0.4, -0.2) is 37.9 Å². The van der Waals surface area contributed by atoms with Gasteiger partial charge in [0.05, 0.1) is 12.5 Å². The Balaban J connectivity index is 1.84. The predicted octanol–water partition coefficient (Wildman–Crippen LogP) is 3.48. The molecule has 168 valence electrons. The molecular formula is C24H25NO6S. The molecule has 32 heavy (non-hydrogen) atoms. The van der Waals surface area contributed by atoms with Crippen molar-refractivity contribution >= 4 is 33.1 Å². The van der Waals surface area contributed by atoms with Crippen molar-refractivity contribution in [3.8, 4) is 5.75 Å². The van der Waals surface area contributed by atoms with Crippen LogP contribution in [-0.2, 0) is 26.0 Å². The molecule has 0 radical (unpaired) electrons. The zero-order valence-corrected chi connectivity index (χ0v) is 18.6. The fraction of sp³-hybridized carbons (Fsp3) is 0.250. The van der Waals surface area contributed by atoms with Crippen molar-refractivity contribution in [2.75, 3.05) is 0 Å². The van der Waals surface area contributed by atoms with Gasteiger partial charge in [-0.05, 0) is 47.9 Å². The van der Waals surface area contributed by atoms with Gasteiger partial charge in [0.1, 0.15) is 23.0 Å². The number of nitrogens with one attached hydrogen (secondary N) is 1. The summed E-state index contributed by atoms with van der Waals surface area (Å²) in [5, 5.41) is 11.1. The average Bonchev–Trinajstić information content (AvgIpc) is 2.75. The Hall–Kier alpha value is -3.23. The number of hydrogen-bond acceptors (Lipinski definition) is 5. The second kappa shape index (κ2) is 9.93. The van der Waals surface area contributed by atoms with Gasteiger partial charge in [0, 0.05) is 6.42 Å². The average molecular weight is 456 g/mol. The van der Waals surface area contributed by atoms with Gasteiger partial charge in [-0.15, -0.1) is 0 Å². The van der Waals surface area contributed by atoms with E-state index in [1.165, 1.54) is 18.2 Å². The van der Waals surface area contributed by atoms with Crippen LogP contribution in [0.3, 0.4) is 0 Å². The first-order valence-corrected chi connectivity index (χ1v) is 11.6. The first kappa shape index (κ1) is 23.4. The van der Waals surface area contributed by atoms with Gasteiger partial charge in [-0.25, -0.2) is 13.1 Å². The molecule has 0 saturated carbocycles. The van der Waals surface area contributed by atoms with Gasteiger partial charge in [0.15, 0.2) is 0 Å². The summed E-state index contributed by atoms with van der Waals surface area (Å²) in [5.41, 5.74) is 2.24. The number of aliphatic carboxylic acids is 1. The van der Waals surface area contributed by atoms with E-state index in [0.29, 0.717) is 6.42 Å². The molecule has 0 bridgehead atoms. The number of sulfonamides is 1. The van der Waals surface area contributed by atoms with Crippen LogP contribution in [0.15, 0.2) is 65.6 Å². The minimum atomic E-state index is -4.18. The number of aryl methyl sites for hydroxylation is 1. The lowest BCUT2D eigenvalue weighted by Gasteiger charge is -2.20. The Morgan fingerprint density at radius 1 is 1.09 bits per heavy atom. The molecule has 0 heterocycles. The SMILES string of the molecule is Cc1ccc2ccccc2c1CC(C)Oc1ccccc1S(=O)(=O)NC(C=O)CC(=O)O. The second-order valence-electron chi connectivity index (χ2n) is 7.62. The third kappa shape index (κ3) is 5.52. The molecule has 2 atom stereocenters. The number of aldehydes is 1. The van der Waals surface area contributed by atoms with Gasteiger partial charge in [0.25, 0.3) is 0 Å². The predicted molar refractivity (Wildman–Crippen MR) is 121 cm³/mol. The number of carboxylic acids is 1. The van der Waals surface area contributed by atoms with E-state index in [-0.39, 0.29) is 23.0 Å². The molecule has 7 nitrogen and oxygen atoms in total. The van der Waals surface area contributed by atoms with E-state index in [1.54, 1.807) is 6.07 Å². The smallest absolute Gasteiger partial charge is 0.305 e. The first-order chi connectivity index (χ1) is 15.2. The van der Waals surface area contributed by atoms with E-state index in [9.17, 15) is 18.0 Å². The lowest BCUT2D eigenvalue weighted by molar-refractivity contribution is -0.138. The maximum Gasteiger partial charge on any atom is 0.305 e. The van der Waals surface area contributed by atoms with Gasteiger partial charge >= 0.3 is 5.97 Å². The summed E-state index contributed by atoms with van der Waals surface area (Å²) in [4.78, 5) is 21.9. The number of benzene rings is 3. The highest BCUT2D eigenvalue weighted by Crippen LogP contribution is 2.28. The van der Waals surface area contributed by atoms with Gasteiger partial charge < -0.3 is 14.6 Å². The summed E-state index contributed by atoms with van der Waals surface area (Å²) in [6, 6.07) is 16.9. The molecule has 0 aliphatic carbocycles. The minimum absolute atomic E-state index is 0.130. The highest BCUT2D eigenvalue weighted by molar-refractivity contribution is 7.89. The number of carbonyl (C=O) groups excluding carboxylic acids is 1. The fourth-order valence-electron chi connectivity index (χ4n) is 3.60. The van der Waals surface area contributed by atoms with Crippen LogP contribution in [0.2, 0.25) is 0 Å². The van der Waals surface area contributed by atoms with Gasteiger partial charge in [-0.1, -0.05) is 48.5 Å². The molecule has 3 rings (SSSR count). The van der Waals surface area contributed by atoms with Gasteiger partial charge in [-0.3, -0.25) is 4.79 Å². The summed E-state index contributed by atoms with van der Waals surface area (Å²) < 4.78 is 33.8. The van der Waals surface area contributed by atoms with E-state index in [1.807, 2.05) is 32.0 Å². The molecule has 0 amide bonds. The lowest BCUT2D eigenvalue weighted by atomic mass is 9.96. The molecule has 2 N–H and O–H groups in total. The first-order valence-electron chi connectivity index (χ1n) is 10.1. The molecule has 0 fully saturated rings.